The fraction of sp³-hybridized carbons (Fsp3) is 0.471. The van der Waals surface area contributed by atoms with Crippen LogP contribution in [0.2, 0.25) is 0 Å². The molecule has 45 heavy (non-hydrogen) atoms. The van der Waals surface area contributed by atoms with Crippen LogP contribution in [0.25, 0.3) is 11.0 Å². The van der Waals surface area contributed by atoms with Gasteiger partial charge in [-0.15, -0.1) is 0 Å². The number of nitrogens with zero attached hydrogens (tertiary/aromatic N) is 3. The van der Waals surface area contributed by atoms with Crippen LogP contribution in [-0.4, -0.2) is 68.7 Å². The van der Waals surface area contributed by atoms with Crippen molar-refractivity contribution in [3.05, 3.63) is 82.9 Å². The second kappa shape index (κ2) is 11.4. The highest BCUT2D eigenvalue weighted by Crippen LogP contribution is 2.66. The Labute approximate surface area is 262 Å². The third kappa shape index (κ3) is 5.12. The molecular formula is C34H41N7O4. The SMILES string of the molecule is CCNC(O)[C@@H](C)NC(=O)C1(c2ccc3nc([C@@H](NC(=O)c4ccnn4C)[C@H]4c5ccccc5CC45CC5)[nH]c3c2)CCOC1. The van der Waals surface area contributed by atoms with Crippen molar-refractivity contribution in [1.82, 2.24) is 35.7 Å². The number of hydrogen-bond acceptors (Lipinski definition) is 7. The number of aryl methyl sites for hydroxylation is 1. The van der Waals surface area contributed by atoms with E-state index in [0.29, 0.717) is 31.1 Å². The standard InChI is InChI=1S/C34H41N7O4/c1-4-35-30(42)20(2)37-32(44)34(14-16-45-19-34)22-9-10-24-25(17-22)39-29(38-24)28(40-31(43)26-11-15-36-41(26)3)27-23-8-6-5-7-21(23)18-33(27)12-13-33/h5-11,15,17,20,27-28,30,35,42H,4,12-14,16,18-19H2,1-3H3,(H,37,44)(H,38,39)(H,40,43)/t20-,27-,28+,30?,34?/m1/s1. The molecule has 2 amide bonds. The van der Waals surface area contributed by atoms with Crippen molar-refractivity contribution >= 4 is 22.8 Å². The van der Waals surface area contributed by atoms with Crippen LogP contribution < -0.4 is 16.0 Å². The number of fused-ring (bicyclic) bond motifs is 2. The van der Waals surface area contributed by atoms with Gasteiger partial charge in [-0.2, -0.15) is 5.10 Å². The Bertz CT molecular complexity index is 1730. The van der Waals surface area contributed by atoms with E-state index in [0.717, 1.165) is 35.9 Å². The Morgan fingerprint density at radius 1 is 1.16 bits per heavy atom. The number of nitrogens with one attached hydrogen (secondary N) is 4. The molecule has 0 radical (unpaired) electrons. The van der Waals surface area contributed by atoms with E-state index in [-0.39, 0.29) is 29.8 Å². The lowest BCUT2D eigenvalue weighted by Crippen LogP contribution is -2.54. The van der Waals surface area contributed by atoms with Crippen LogP contribution in [0.5, 0.6) is 0 Å². The van der Waals surface area contributed by atoms with Gasteiger partial charge in [0.15, 0.2) is 0 Å². The van der Waals surface area contributed by atoms with Gasteiger partial charge in [0.25, 0.3) is 5.91 Å². The number of aliphatic hydroxyl groups is 1. The highest BCUT2D eigenvalue weighted by Gasteiger charge is 2.57. The van der Waals surface area contributed by atoms with Gasteiger partial charge >= 0.3 is 0 Å². The highest BCUT2D eigenvalue weighted by atomic mass is 16.5. The van der Waals surface area contributed by atoms with E-state index in [9.17, 15) is 14.7 Å². The predicted octanol–water partition coefficient (Wildman–Crippen LogP) is 2.98. The fourth-order valence-electron chi connectivity index (χ4n) is 7.51. The molecule has 236 valence electrons. The van der Waals surface area contributed by atoms with Crippen molar-refractivity contribution < 1.29 is 19.4 Å². The van der Waals surface area contributed by atoms with E-state index in [4.69, 9.17) is 9.72 Å². The minimum atomic E-state index is -0.894. The van der Waals surface area contributed by atoms with Gasteiger partial charge < -0.3 is 25.5 Å². The van der Waals surface area contributed by atoms with Crippen molar-refractivity contribution in [2.45, 2.75) is 69.2 Å². The second-order valence-corrected chi connectivity index (χ2v) is 13.0. The molecule has 2 aliphatic carbocycles. The molecule has 3 heterocycles. The van der Waals surface area contributed by atoms with Gasteiger partial charge in [-0.1, -0.05) is 37.3 Å². The summed E-state index contributed by atoms with van der Waals surface area (Å²) in [6, 6.07) is 15.3. The molecule has 11 nitrogen and oxygen atoms in total. The molecule has 1 saturated heterocycles. The maximum atomic E-state index is 13.8. The number of amides is 2. The number of aromatic amines is 1. The fourth-order valence-corrected chi connectivity index (χ4v) is 7.51. The first kappa shape index (κ1) is 29.6. The zero-order chi connectivity index (χ0) is 31.3. The van der Waals surface area contributed by atoms with E-state index < -0.39 is 23.7 Å². The summed E-state index contributed by atoms with van der Waals surface area (Å²) in [7, 11) is 1.76. The first-order valence-electron chi connectivity index (χ1n) is 15.9. The minimum Gasteiger partial charge on any atom is -0.380 e. The van der Waals surface area contributed by atoms with Crippen LogP contribution in [0.1, 0.15) is 78.1 Å². The largest absolute Gasteiger partial charge is 0.380 e. The molecule has 2 aromatic carbocycles. The smallest absolute Gasteiger partial charge is 0.270 e. The zero-order valence-electron chi connectivity index (χ0n) is 26.0. The molecule has 1 saturated carbocycles. The summed E-state index contributed by atoms with van der Waals surface area (Å²) in [5.41, 5.74) is 4.65. The summed E-state index contributed by atoms with van der Waals surface area (Å²) in [4.78, 5) is 36.0. The van der Waals surface area contributed by atoms with E-state index in [1.807, 2.05) is 25.1 Å². The lowest BCUT2D eigenvalue weighted by atomic mass is 9.78. The Kier molecular flexibility index (Phi) is 7.50. The highest BCUT2D eigenvalue weighted by molar-refractivity contribution is 5.93. The van der Waals surface area contributed by atoms with Crippen LogP contribution in [0, 0.1) is 5.41 Å². The molecular weight excluding hydrogens is 570 g/mol. The van der Waals surface area contributed by atoms with E-state index in [1.165, 1.54) is 11.1 Å². The lowest BCUT2D eigenvalue weighted by molar-refractivity contribution is -0.128. The minimum absolute atomic E-state index is 0.0657. The number of benzene rings is 2. The van der Waals surface area contributed by atoms with Crippen molar-refractivity contribution in [1.29, 1.82) is 0 Å². The molecule has 0 bridgehead atoms. The number of aliphatic hydroxyl groups excluding tert-OH is 1. The van der Waals surface area contributed by atoms with Gasteiger partial charge in [0.05, 0.1) is 35.1 Å². The summed E-state index contributed by atoms with van der Waals surface area (Å²) in [6.07, 6.45) is 4.50. The molecule has 5 atom stereocenters. The van der Waals surface area contributed by atoms with Gasteiger partial charge in [0, 0.05) is 25.8 Å². The number of ether oxygens (including phenoxy) is 1. The number of carbonyl (C=O) groups excluding carboxylic acids is 2. The third-order valence-corrected chi connectivity index (χ3v) is 10.2. The first-order valence-corrected chi connectivity index (χ1v) is 15.9. The molecule has 5 N–H and O–H groups in total. The summed E-state index contributed by atoms with van der Waals surface area (Å²) < 4.78 is 7.36. The predicted molar refractivity (Wildman–Crippen MR) is 168 cm³/mol. The number of carbonyl (C=O) groups is 2. The summed E-state index contributed by atoms with van der Waals surface area (Å²) in [6.45, 7) is 5.00. The van der Waals surface area contributed by atoms with Crippen LogP contribution in [0.4, 0.5) is 0 Å². The number of imidazole rings is 1. The molecule has 11 heteroatoms. The zero-order valence-corrected chi connectivity index (χ0v) is 26.0. The van der Waals surface area contributed by atoms with Gasteiger partial charge in [-0.3, -0.25) is 19.6 Å². The van der Waals surface area contributed by atoms with Gasteiger partial charge in [-0.05, 0) is 79.5 Å². The Morgan fingerprint density at radius 3 is 2.69 bits per heavy atom. The van der Waals surface area contributed by atoms with E-state index in [1.54, 1.807) is 30.9 Å². The monoisotopic (exact) mass is 611 g/mol. The van der Waals surface area contributed by atoms with Crippen molar-refractivity contribution in [2.75, 3.05) is 19.8 Å². The van der Waals surface area contributed by atoms with Crippen LogP contribution in [0.15, 0.2) is 54.7 Å². The Morgan fingerprint density at radius 2 is 1.98 bits per heavy atom. The number of likely N-dealkylation sites (N-methyl/N-ethyl adjacent to an activating group) is 1. The summed E-state index contributed by atoms with van der Waals surface area (Å²) in [5, 5.41) is 23.9. The quantitative estimate of drug-likeness (QED) is 0.173. The average Bonchev–Trinajstić information content (AvgIpc) is 3.46. The molecule has 4 aromatic rings. The van der Waals surface area contributed by atoms with Crippen LogP contribution in [0.3, 0.4) is 0 Å². The molecule has 1 spiro atoms. The maximum Gasteiger partial charge on any atom is 0.270 e. The third-order valence-electron chi connectivity index (χ3n) is 10.2. The first-order chi connectivity index (χ1) is 21.7. The van der Waals surface area contributed by atoms with Crippen molar-refractivity contribution in [3.8, 4) is 0 Å². The molecule has 2 aromatic heterocycles. The van der Waals surface area contributed by atoms with Crippen molar-refractivity contribution in [2.24, 2.45) is 12.5 Å². The molecule has 7 rings (SSSR count). The maximum absolute atomic E-state index is 13.8. The molecule has 2 fully saturated rings. The topological polar surface area (TPSA) is 146 Å². The van der Waals surface area contributed by atoms with Crippen LogP contribution >= 0.6 is 0 Å². The second-order valence-electron chi connectivity index (χ2n) is 13.0. The average molecular weight is 612 g/mol. The van der Waals surface area contributed by atoms with E-state index in [2.05, 4.69) is 50.3 Å². The normalized spacial score (nSPS) is 23.5. The van der Waals surface area contributed by atoms with Gasteiger partial charge in [0.1, 0.15) is 17.7 Å². The van der Waals surface area contributed by atoms with Crippen molar-refractivity contribution in [3.63, 3.8) is 0 Å². The number of hydrogen-bond donors (Lipinski definition) is 5. The number of rotatable bonds is 10. The summed E-state index contributed by atoms with van der Waals surface area (Å²) >= 11 is 0. The van der Waals surface area contributed by atoms with Crippen LogP contribution in [-0.2, 0) is 28.4 Å². The molecule has 2 unspecified atom stereocenters. The Balaban J connectivity index is 1.25. The lowest BCUT2D eigenvalue weighted by Gasteiger charge is -2.30. The Hall–Kier alpha value is -4.06. The van der Waals surface area contributed by atoms with Gasteiger partial charge in [0.2, 0.25) is 5.91 Å². The summed E-state index contributed by atoms with van der Waals surface area (Å²) in [5.74, 6) is 0.377. The molecule has 1 aliphatic heterocycles. The van der Waals surface area contributed by atoms with Gasteiger partial charge in [-0.25, -0.2) is 4.98 Å². The van der Waals surface area contributed by atoms with E-state index >= 15 is 0 Å². The molecule has 3 aliphatic rings. The number of H-pyrrole nitrogens is 1. The number of aromatic nitrogens is 4.